The molecule has 0 saturated carbocycles. The van der Waals surface area contributed by atoms with Gasteiger partial charge >= 0.3 is 5.97 Å². The van der Waals surface area contributed by atoms with E-state index in [2.05, 4.69) is 11.4 Å². The highest BCUT2D eigenvalue weighted by atomic mass is 16.6. The van der Waals surface area contributed by atoms with Gasteiger partial charge in [0, 0.05) is 17.8 Å². The molecule has 0 radical (unpaired) electrons. The third-order valence-electron chi connectivity index (χ3n) is 4.49. The molecule has 3 rings (SSSR count). The number of anilines is 1. The van der Waals surface area contributed by atoms with Crippen LogP contribution >= 0.6 is 0 Å². The molecule has 0 heterocycles. The number of nitrogens with one attached hydrogen (secondary N) is 1. The molecule has 1 amide bonds. The van der Waals surface area contributed by atoms with E-state index in [1.165, 1.54) is 48.2 Å². The summed E-state index contributed by atoms with van der Waals surface area (Å²) in [6.07, 6.45) is 4.62. The summed E-state index contributed by atoms with van der Waals surface area (Å²) in [7, 11) is 0. The third-order valence-corrected chi connectivity index (χ3v) is 4.49. The highest BCUT2D eigenvalue weighted by molar-refractivity contribution is 5.93. The Morgan fingerprint density at radius 2 is 1.74 bits per heavy atom. The minimum Gasteiger partial charge on any atom is -0.455 e. The molecule has 2 aromatic rings. The summed E-state index contributed by atoms with van der Waals surface area (Å²) in [5.74, 6) is -0.966. The molecule has 0 fully saturated rings. The molecule has 0 atom stereocenters. The number of ether oxygens (including phenoxy) is 1. The number of hydrogen-bond donors (Lipinski definition) is 1. The summed E-state index contributed by atoms with van der Waals surface area (Å²) < 4.78 is 5.03. The Kier molecular flexibility index (Phi) is 5.80. The van der Waals surface area contributed by atoms with Crippen molar-refractivity contribution in [3.05, 3.63) is 69.3 Å². The van der Waals surface area contributed by atoms with Gasteiger partial charge in [-0.2, -0.15) is 0 Å². The monoisotopic (exact) mass is 368 g/mol. The molecule has 0 bridgehead atoms. The highest BCUT2D eigenvalue weighted by Gasteiger charge is 2.13. The van der Waals surface area contributed by atoms with Gasteiger partial charge in [0.25, 0.3) is 11.6 Å². The second-order valence-electron chi connectivity index (χ2n) is 6.50. The first kappa shape index (κ1) is 18.6. The summed E-state index contributed by atoms with van der Waals surface area (Å²) in [5, 5.41) is 13.1. The van der Waals surface area contributed by atoms with Gasteiger partial charge < -0.3 is 10.1 Å². The zero-order valence-corrected chi connectivity index (χ0v) is 14.8. The van der Waals surface area contributed by atoms with Crippen LogP contribution in [0.3, 0.4) is 0 Å². The van der Waals surface area contributed by atoms with Crippen molar-refractivity contribution in [3.63, 3.8) is 0 Å². The zero-order valence-electron chi connectivity index (χ0n) is 14.8. The van der Waals surface area contributed by atoms with Gasteiger partial charge in [-0.15, -0.1) is 0 Å². The minimum absolute atomic E-state index is 0.0653. The molecule has 7 heteroatoms. The summed E-state index contributed by atoms with van der Waals surface area (Å²) in [6.45, 7) is -0.402. The molecule has 0 aliphatic heterocycles. The van der Waals surface area contributed by atoms with Gasteiger partial charge in [-0.1, -0.05) is 18.2 Å². The van der Waals surface area contributed by atoms with Gasteiger partial charge in [-0.25, -0.2) is 0 Å². The van der Waals surface area contributed by atoms with Crippen LogP contribution in [0.15, 0.2) is 42.5 Å². The molecule has 0 saturated heterocycles. The molecule has 2 aromatic carbocycles. The lowest BCUT2D eigenvalue weighted by molar-refractivity contribution is -0.384. The van der Waals surface area contributed by atoms with Crippen LogP contribution in [0.25, 0.3) is 0 Å². The molecule has 1 aliphatic carbocycles. The van der Waals surface area contributed by atoms with E-state index in [1.54, 1.807) is 0 Å². The lowest BCUT2D eigenvalue weighted by Crippen LogP contribution is -2.21. The van der Waals surface area contributed by atoms with Gasteiger partial charge in [-0.05, 0) is 54.5 Å². The molecule has 140 valence electrons. The number of nitro groups is 1. The molecule has 0 unspecified atom stereocenters. The van der Waals surface area contributed by atoms with Gasteiger partial charge in [-0.3, -0.25) is 19.7 Å². The second-order valence-corrected chi connectivity index (χ2v) is 6.50. The van der Waals surface area contributed by atoms with Crippen molar-refractivity contribution in [2.75, 3.05) is 11.9 Å². The predicted molar refractivity (Wildman–Crippen MR) is 99.5 cm³/mol. The quantitative estimate of drug-likeness (QED) is 0.480. The van der Waals surface area contributed by atoms with E-state index in [4.69, 9.17) is 4.74 Å². The topological polar surface area (TPSA) is 98.5 Å². The van der Waals surface area contributed by atoms with Crippen LogP contribution in [0.2, 0.25) is 0 Å². The average Bonchev–Trinajstić information content (AvgIpc) is 2.67. The van der Waals surface area contributed by atoms with E-state index in [1.807, 2.05) is 12.1 Å². The van der Waals surface area contributed by atoms with Crippen molar-refractivity contribution < 1.29 is 19.2 Å². The summed E-state index contributed by atoms with van der Waals surface area (Å²) >= 11 is 0. The average molecular weight is 368 g/mol. The first-order valence-corrected chi connectivity index (χ1v) is 8.82. The molecule has 1 N–H and O–H groups in total. The Hall–Kier alpha value is -3.22. The van der Waals surface area contributed by atoms with E-state index < -0.39 is 23.4 Å². The number of carbonyl (C=O) groups is 2. The summed E-state index contributed by atoms with van der Waals surface area (Å²) in [4.78, 5) is 33.9. The predicted octanol–water partition coefficient (Wildman–Crippen LogP) is 3.20. The fraction of sp³-hybridized carbons (Fsp3) is 0.300. The number of amides is 1. The number of esters is 1. The van der Waals surface area contributed by atoms with Crippen molar-refractivity contribution >= 4 is 23.3 Å². The van der Waals surface area contributed by atoms with Crippen molar-refractivity contribution in [1.29, 1.82) is 0 Å². The Morgan fingerprint density at radius 3 is 2.44 bits per heavy atom. The minimum atomic E-state index is -0.520. The van der Waals surface area contributed by atoms with Crippen LogP contribution in [-0.4, -0.2) is 23.4 Å². The van der Waals surface area contributed by atoms with Crippen LogP contribution in [-0.2, 0) is 33.6 Å². The van der Waals surface area contributed by atoms with Crippen LogP contribution in [0.4, 0.5) is 11.4 Å². The number of hydrogen-bond acceptors (Lipinski definition) is 5. The standard InChI is InChI=1S/C20H20N2O5/c23-19(21-17-7-9-18(10-8-17)22(25)26)13-27-20(24)12-14-5-6-15-3-1-2-4-16(15)11-14/h5-11H,1-4,12-13H2,(H,21,23). The number of non-ortho nitro benzene ring substituents is 1. The van der Waals surface area contributed by atoms with Gasteiger partial charge in [0.05, 0.1) is 11.3 Å². The zero-order chi connectivity index (χ0) is 19.2. The molecular weight excluding hydrogens is 348 g/mol. The molecule has 1 aliphatic rings. The van der Waals surface area contributed by atoms with Gasteiger partial charge in [0.15, 0.2) is 6.61 Å². The molecular formula is C20H20N2O5. The SMILES string of the molecule is O=C(COC(=O)Cc1ccc2c(c1)CCCC2)Nc1ccc([N+](=O)[O-])cc1. The van der Waals surface area contributed by atoms with Crippen molar-refractivity contribution in [1.82, 2.24) is 0 Å². The number of aryl methyl sites for hydroxylation is 2. The Balaban J connectivity index is 1.47. The van der Waals surface area contributed by atoms with Crippen molar-refractivity contribution in [3.8, 4) is 0 Å². The van der Waals surface area contributed by atoms with Crippen LogP contribution in [0, 0.1) is 10.1 Å². The maximum Gasteiger partial charge on any atom is 0.310 e. The Labute approximate surface area is 156 Å². The fourth-order valence-electron chi connectivity index (χ4n) is 3.12. The van der Waals surface area contributed by atoms with E-state index >= 15 is 0 Å². The maximum absolute atomic E-state index is 12.0. The third kappa shape index (κ3) is 5.13. The van der Waals surface area contributed by atoms with Crippen LogP contribution in [0.1, 0.15) is 29.5 Å². The lowest BCUT2D eigenvalue weighted by atomic mass is 9.90. The largest absolute Gasteiger partial charge is 0.455 e. The second kappa shape index (κ2) is 8.44. The lowest BCUT2D eigenvalue weighted by Gasteiger charge is -2.16. The Morgan fingerprint density at radius 1 is 1.04 bits per heavy atom. The van der Waals surface area contributed by atoms with Gasteiger partial charge in [0.2, 0.25) is 0 Å². The van der Waals surface area contributed by atoms with E-state index in [0.29, 0.717) is 5.69 Å². The summed E-state index contributed by atoms with van der Waals surface area (Å²) in [5.41, 5.74) is 3.86. The number of rotatable bonds is 6. The highest BCUT2D eigenvalue weighted by Crippen LogP contribution is 2.22. The molecule has 0 aromatic heterocycles. The van der Waals surface area contributed by atoms with E-state index in [9.17, 15) is 19.7 Å². The molecule has 27 heavy (non-hydrogen) atoms. The van der Waals surface area contributed by atoms with E-state index in [0.717, 1.165) is 18.4 Å². The number of carbonyl (C=O) groups excluding carboxylic acids is 2. The fourth-order valence-corrected chi connectivity index (χ4v) is 3.12. The number of nitrogens with zero attached hydrogens (tertiary/aromatic N) is 1. The van der Waals surface area contributed by atoms with E-state index in [-0.39, 0.29) is 12.1 Å². The number of fused-ring (bicyclic) bond motifs is 1. The van der Waals surface area contributed by atoms with Crippen molar-refractivity contribution in [2.45, 2.75) is 32.1 Å². The molecule has 7 nitrogen and oxygen atoms in total. The first-order chi connectivity index (χ1) is 13.0. The smallest absolute Gasteiger partial charge is 0.310 e. The number of nitro benzene ring substituents is 1. The van der Waals surface area contributed by atoms with Crippen LogP contribution in [0.5, 0.6) is 0 Å². The van der Waals surface area contributed by atoms with Gasteiger partial charge in [0.1, 0.15) is 0 Å². The maximum atomic E-state index is 12.0. The summed E-state index contributed by atoms with van der Waals surface area (Å²) in [6, 6.07) is 11.5. The van der Waals surface area contributed by atoms with Crippen LogP contribution < -0.4 is 5.32 Å². The number of benzene rings is 2. The first-order valence-electron chi connectivity index (χ1n) is 8.82. The normalized spacial score (nSPS) is 12.7. The van der Waals surface area contributed by atoms with Crippen molar-refractivity contribution in [2.24, 2.45) is 0 Å². The Bertz CT molecular complexity index is 861. The molecule has 0 spiro atoms.